The van der Waals surface area contributed by atoms with Crippen LogP contribution < -0.4 is 9.62 Å². The Morgan fingerprint density at radius 3 is 2.45 bits per heavy atom. The average molecular weight is 435 g/mol. The summed E-state index contributed by atoms with van der Waals surface area (Å²) in [6, 6.07) is 14.5. The van der Waals surface area contributed by atoms with Crippen molar-refractivity contribution in [1.29, 1.82) is 0 Å². The molecule has 10 heteroatoms. The number of nitrogens with zero attached hydrogens (tertiary/aromatic N) is 3. The van der Waals surface area contributed by atoms with Gasteiger partial charge < -0.3 is 9.84 Å². The second-order valence-corrected chi connectivity index (χ2v) is 8.60. The van der Waals surface area contributed by atoms with Gasteiger partial charge in [-0.2, -0.15) is 4.98 Å². The van der Waals surface area contributed by atoms with Gasteiger partial charge in [-0.1, -0.05) is 47.1 Å². The molecule has 3 aromatic rings. The predicted octanol–water partition coefficient (Wildman–Crippen LogP) is 2.86. The molecule has 152 valence electrons. The molecule has 0 fully saturated rings. The van der Waals surface area contributed by atoms with Crippen LogP contribution in [-0.4, -0.2) is 36.8 Å². The number of rotatable bonds is 7. The molecule has 0 spiro atoms. The lowest BCUT2D eigenvalue weighted by Gasteiger charge is -2.28. The standard InChI is InChI=1S/C19H19ClN4O4S/c1-13(24(29(2,26)27)16-10-8-15(20)9-11-16)19(25)21-12-17-22-18(23-28-17)14-6-4-3-5-7-14/h3-11,13H,12H2,1-2H3,(H,21,25)/t13-/m0/s1. The van der Waals surface area contributed by atoms with E-state index in [2.05, 4.69) is 15.5 Å². The molecule has 0 saturated heterocycles. The first-order valence-corrected chi connectivity index (χ1v) is 10.9. The van der Waals surface area contributed by atoms with Crippen LogP contribution >= 0.6 is 11.6 Å². The largest absolute Gasteiger partial charge is 0.345 e. The van der Waals surface area contributed by atoms with Crippen LogP contribution in [0.25, 0.3) is 11.4 Å². The summed E-state index contributed by atoms with van der Waals surface area (Å²) in [5.41, 5.74) is 1.12. The van der Waals surface area contributed by atoms with Gasteiger partial charge in [-0.25, -0.2) is 8.42 Å². The summed E-state index contributed by atoms with van der Waals surface area (Å²) in [5.74, 6) is 0.105. The highest BCUT2D eigenvalue weighted by Gasteiger charge is 2.29. The van der Waals surface area contributed by atoms with Crippen LogP contribution in [0.3, 0.4) is 0 Å². The van der Waals surface area contributed by atoms with Crippen LogP contribution in [0, 0.1) is 0 Å². The Kier molecular flexibility index (Phi) is 6.19. The van der Waals surface area contributed by atoms with Gasteiger partial charge in [0.25, 0.3) is 0 Å². The molecule has 1 aromatic heterocycles. The first-order chi connectivity index (χ1) is 13.8. The van der Waals surface area contributed by atoms with Gasteiger partial charge in [0.15, 0.2) is 0 Å². The van der Waals surface area contributed by atoms with Crippen molar-refractivity contribution in [3.8, 4) is 11.4 Å². The van der Waals surface area contributed by atoms with Gasteiger partial charge in [0.05, 0.1) is 18.5 Å². The van der Waals surface area contributed by atoms with E-state index in [0.717, 1.165) is 16.1 Å². The number of benzene rings is 2. The van der Waals surface area contributed by atoms with Crippen molar-refractivity contribution >= 4 is 33.2 Å². The zero-order valence-corrected chi connectivity index (χ0v) is 17.3. The summed E-state index contributed by atoms with van der Waals surface area (Å²) in [7, 11) is -3.71. The van der Waals surface area contributed by atoms with Crippen LogP contribution in [0.1, 0.15) is 12.8 Å². The Bertz CT molecular complexity index is 1080. The highest BCUT2D eigenvalue weighted by atomic mass is 35.5. The van der Waals surface area contributed by atoms with Crippen molar-refractivity contribution in [1.82, 2.24) is 15.5 Å². The first-order valence-electron chi connectivity index (χ1n) is 8.66. The smallest absolute Gasteiger partial charge is 0.246 e. The van der Waals surface area contributed by atoms with Gasteiger partial charge >= 0.3 is 0 Å². The van der Waals surface area contributed by atoms with E-state index in [9.17, 15) is 13.2 Å². The molecule has 2 aromatic carbocycles. The molecule has 3 rings (SSSR count). The third kappa shape index (κ3) is 5.12. The van der Waals surface area contributed by atoms with E-state index in [1.165, 1.54) is 19.1 Å². The number of carbonyl (C=O) groups is 1. The zero-order chi connectivity index (χ0) is 21.0. The molecule has 29 heavy (non-hydrogen) atoms. The van der Waals surface area contributed by atoms with Gasteiger partial charge in [0, 0.05) is 10.6 Å². The molecule has 1 amide bonds. The number of aromatic nitrogens is 2. The lowest BCUT2D eigenvalue weighted by atomic mass is 10.2. The number of hydrogen-bond acceptors (Lipinski definition) is 6. The van der Waals surface area contributed by atoms with Crippen molar-refractivity contribution in [3.05, 3.63) is 65.5 Å². The monoisotopic (exact) mass is 434 g/mol. The Balaban J connectivity index is 1.70. The Morgan fingerprint density at radius 1 is 1.17 bits per heavy atom. The lowest BCUT2D eigenvalue weighted by Crippen LogP contribution is -2.47. The number of anilines is 1. The predicted molar refractivity (Wildman–Crippen MR) is 110 cm³/mol. The van der Waals surface area contributed by atoms with Crippen molar-refractivity contribution in [3.63, 3.8) is 0 Å². The summed E-state index contributed by atoms with van der Waals surface area (Å²) in [5, 5.41) is 6.98. The van der Waals surface area contributed by atoms with Crippen molar-refractivity contribution in [2.75, 3.05) is 10.6 Å². The van der Waals surface area contributed by atoms with Crippen molar-refractivity contribution in [2.45, 2.75) is 19.5 Å². The van der Waals surface area contributed by atoms with Crippen LogP contribution in [0.15, 0.2) is 59.1 Å². The highest BCUT2D eigenvalue weighted by molar-refractivity contribution is 7.92. The molecule has 0 aliphatic heterocycles. The SMILES string of the molecule is C[C@@H](C(=O)NCc1nc(-c2ccccc2)no1)N(c1ccc(Cl)cc1)S(C)(=O)=O. The summed E-state index contributed by atoms with van der Waals surface area (Å²) >= 11 is 5.87. The van der Waals surface area contributed by atoms with Gasteiger partial charge in [0.2, 0.25) is 27.6 Å². The second kappa shape index (κ2) is 8.62. The Hall–Kier alpha value is -2.91. The maximum absolute atomic E-state index is 12.6. The minimum atomic E-state index is -3.71. The topological polar surface area (TPSA) is 105 Å². The summed E-state index contributed by atoms with van der Waals surface area (Å²) in [6.45, 7) is 1.47. The number of amides is 1. The maximum Gasteiger partial charge on any atom is 0.246 e. The molecule has 0 aliphatic carbocycles. The zero-order valence-electron chi connectivity index (χ0n) is 15.7. The van der Waals surface area contributed by atoms with Gasteiger partial charge in [-0.15, -0.1) is 0 Å². The van der Waals surface area contributed by atoms with Gasteiger partial charge in [-0.3, -0.25) is 9.10 Å². The minimum absolute atomic E-state index is 0.0266. The number of sulfonamides is 1. The average Bonchev–Trinajstić information content (AvgIpc) is 3.16. The molecule has 0 bridgehead atoms. The van der Waals surface area contributed by atoms with E-state index < -0.39 is 22.0 Å². The Morgan fingerprint density at radius 2 is 1.83 bits per heavy atom. The normalized spacial score (nSPS) is 12.4. The number of halogens is 1. The number of carbonyl (C=O) groups excluding carboxylic acids is 1. The van der Waals surface area contributed by atoms with Crippen LogP contribution in [0.5, 0.6) is 0 Å². The second-order valence-electron chi connectivity index (χ2n) is 6.31. The van der Waals surface area contributed by atoms with Crippen LogP contribution in [0.2, 0.25) is 5.02 Å². The van der Waals surface area contributed by atoms with E-state index in [0.29, 0.717) is 16.5 Å². The van der Waals surface area contributed by atoms with E-state index in [-0.39, 0.29) is 12.4 Å². The fourth-order valence-electron chi connectivity index (χ4n) is 2.74. The molecular weight excluding hydrogens is 416 g/mol. The maximum atomic E-state index is 12.6. The summed E-state index contributed by atoms with van der Waals surface area (Å²) < 4.78 is 30.7. The Labute approximate surface area is 173 Å². The lowest BCUT2D eigenvalue weighted by molar-refractivity contribution is -0.122. The van der Waals surface area contributed by atoms with Gasteiger partial charge in [-0.05, 0) is 31.2 Å². The van der Waals surface area contributed by atoms with Crippen molar-refractivity contribution in [2.24, 2.45) is 0 Å². The van der Waals surface area contributed by atoms with E-state index in [1.54, 1.807) is 12.1 Å². The molecule has 1 atom stereocenters. The fraction of sp³-hybridized carbons (Fsp3) is 0.211. The molecule has 1 heterocycles. The molecule has 8 nitrogen and oxygen atoms in total. The molecule has 0 saturated carbocycles. The molecule has 0 radical (unpaired) electrons. The van der Waals surface area contributed by atoms with Crippen molar-refractivity contribution < 1.29 is 17.7 Å². The quantitative estimate of drug-likeness (QED) is 0.613. The number of hydrogen-bond donors (Lipinski definition) is 1. The third-order valence-corrected chi connectivity index (χ3v) is 5.58. The molecule has 0 unspecified atom stereocenters. The summed E-state index contributed by atoms with van der Waals surface area (Å²) in [4.78, 5) is 16.8. The molecule has 1 N–H and O–H groups in total. The fourth-order valence-corrected chi connectivity index (χ4v) is 4.04. The van der Waals surface area contributed by atoms with E-state index in [4.69, 9.17) is 16.1 Å². The first kappa shape index (κ1) is 20.8. The number of nitrogens with one attached hydrogen (secondary N) is 1. The van der Waals surface area contributed by atoms with Crippen LogP contribution in [-0.2, 0) is 21.4 Å². The third-order valence-electron chi connectivity index (χ3n) is 4.08. The van der Waals surface area contributed by atoms with Crippen LogP contribution in [0.4, 0.5) is 5.69 Å². The summed E-state index contributed by atoms with van der Waals surface area (Å²) in [6.07, 6.45) is 1.04. The van der Waals surface area contributed by atoms with E-state index >= 15 is 0 Å². The van der Waals surface area contributed by atoms with E-state index in [1.807, 2.05) is 30.3 Å². The van der Waals surface area contributed by atoms with Gasteiger partial charge in [0.1, 0.15) is 6.04 Å². The highest BCUT2D eigenvalue weighted by Crippen LogP contribution is 2.23. The molecule has 0 aliphatic rings. The molecular formula is C19H19ClN4O4S. The minimum Gasteiger partial charge on any atom is -0.345 e.